The standard InChI is InChI=1S/C16H14Br2ClNO/c1-10(8-11-2-4-12(17)5-3-11)20-16(21)14-9-13(19)6-7-15(14)18/h2-7,9-10H,8H2,1H3,(H,20,21). The fraction of sp³-hybridized carbons (Fsp3) is 0.188. The molecule has 2 rings (SSSR count). The molecule has 0 saturated carbocycles. The number of hydrogen-bond acceptors (Lipinski definition) is 1. The molecule has 0 aliphatic rings. The van der Waals surface area contributed by atoms with Crippen molar-refractivity contribution in [2.75, 3.05) is 0 Å². The molecule has 0 heterocycles. The Balaban J connectivity index is 2.01. The highest BCUT2D eigenvalue weighted by Crippen LogP contribution is 2.21. The molecule has 0 bridgehead atoms. The molecule has 2 nitrogen and oxygen atoms in total. The molecule has 1 amide bonds. The summed E-state index contributed by atoms with van der Waals surface area (Å²) in [6.07, 6.45) is 0.775. The van der Waals surface area contributed by atoms with E-state index in [0.29, 0.717) is 10.6 Å². The van der Waals surface area contributed by atoms with Crippen LogP contribution in [0.3, 0.4) is 0 Å². The number of nitrogens with one attached hydrogen (secondary N) is 1. The van der Waals surface area contributed by atoms with Gasteiger partial charge in [0.05, 0.1) is 5.56 Å². The lowest BCUT2D eigenvalue weighted by Crippen LogP contribution is -2.34. The Morgan fingerprint density at radius 1 is 1.19 bits per heavy atom. The normalized spacial score (nSPS) is 12.0. The van der Waals surface area contributed by atoms with E-state index < -0.39 is 0 Å². The van der Waals surface area contributed by atoms with Gasteiger partial charge in [-0.25, -0.2) is 0 Å². The van der Waals surface area contributed by atoms with Gasteiger partial charge >= 0.3 is 0 Å². The molecule has 0 saturated heterocycles. The topological polar surface area (TPSA) is 29.1 Å². The number of benzene rings is 2. The average molecular weight is 432 g/mol. The highest BCUT2D eigenvalue weighted by Gasteiger charge is 2.13. The van der Waals surface area contributed by atoms with E-state index in [1.807, 2.05) is 31.2 Å². The van der Waals surface area contributed by atoms with Crippen molar-refractivity contribution in [2.45, 2.75) is 19.4 Å². The van der Waals surface area contributed by atoms with E-state index in [1.54, 1.807) is 18.2 Å². The van der Waals surface area contributed by atoms with Crippen molar-refractivity contribution < 1.29 is 4.79 Å². The van der Waals surface area contributed by atoms with Crippen molar-refractivity contribution in [1.82, 2.24) is 5.32 Å². The summed E-state index contributed by atoms with van der Waals surface area (Å²) in [4.78, 5) is 12.3. The first-order valence-electron chi connectivity index (χ1n) is 6.46. The number of rotatable bonds is 4. The molecular weight excluding hydrogens is 417 g/mol. The molecule has 1 N–H and O–H groups in total. The molecule has 21 heavy (non-hydrogen) atoms. The molecular formula is C16H14Br2ClNO. The lowest BCUT2D eigenvalue weighted by molar-refractivity contribution is 0.0939. The highest BCUT2D eigenvalue weighted by atomic mass is 79.9. The number of carbonyl (C=O) groups is 1. The summed E-state index contributed by atoms with van der Waals surface area (Å²) in [6, 6.07) is 13.3. The molecule has 2 aromatic carbocycles. The van der Waals surface area contributed by atoms with Crippen LogP contribution in [0.4, 0.5) is 0 Å². The van der Waals surface area contributed by atoms with Gasteiger partial charge in [0.25, 0.3) is 5.91 Å². The van der Waals surface area contributed by atoms with Gasteiger partial charge in [-0.05, 0) is 65.2 Å². The molecule has 5 heteroatoms. The zero-order valence-electron chi connectivity index (χ0n) is 11.4. The van der Waals surface area contributed by atoms with Crippen LogP contribution < -0.4 is 5.32 Å². The van der Waals surface area contributed by atoms with Crippen molar-refractivity contribution in [3.05, 3.63) is 67.6 Å². The summed E-state index contributed by atoms with van der Waals surface area (Å²) in [7, 11) is 0. The van der Waals surface area contributed by atoms with Crippen LogP contribution in [-0.4, -0.2) is 11.9 Å². The maximum absolute atomic E-state index is 12.3. The van der Waals surface area contributed by atoms with E-state index in [9.17, 15) is 4.79 Å². The summed E-state index contributed by atoms with van der Waals surface area (Å²) in [5.74, 6) is -0.131. The Morgan fingerprint density at radius 3 is 2.52 bits per heavy atom. The summed E-state index contributed by atoms with van der Waals surface area (Å²) < 4.78 is 1.78. The van der Waals surface area contributed by atoms with Crippen LogP contribution >= 0.6 is 43.5 Å². The summed E-state index contributed by atoms with van der Waals surface area (Å²) in [6.45, 7) is 1.98. The molecule has 0 aromatic heterocycles. The number of carbonyl (C=O) groups excluding carboxylic acids is 1. The number of hydrogen-bond donors (Lipinski definition) is 1. The minimum absolute atomic E-state index is 0.0320. The maximum Gasteiger partial charge on any atom is 0.252 e. The fourth-order valence-electron chi connectivity index (χ4n) is 2.00. The van der Waals surface area contributed by atoms with Gasteiger partial charge in [-0.15, -0.1) is 0 Å². The van der Waals surface area contributed by atoms with Crippen molar-refractivity contribution in [2.24, 2.45) is 0 Å². The van der Waals surface area contributed by atoms with Crippen molar-refractivity contribution in [3.63, 3.8) is 0 Å². The van der Waals surface area contributed by atoms with Crippen LogP contribution in [0.1, 0.15) is 22.8 Å². The third-order valence-electron chi connectivity index (χ3n) is 3.01. The van der Waals surface area contributed by atoms with Gasteiger partial charge in [-0.2, -0.15) is 0 Å². The van der Waals surface area contributed by atoms with Crippen LogP contribution in [0.25, 0.3) is 0 Å². The van der Waals surface area contributed by atoms with Gasteiger partial charge in [0, 0.05) is 20.0 Å². The largest absolute Gasteiger partial charge is 0.349 e. The van der Waals surface area contributed by atoms with E-state index in [1.165, 1.54) is 5.56 Å². The van der Waals surface area contributed by atoms with Gasteiger partial charge < -0.3 is 5.32 Å². The van der Waals surface area contributed by atoms with Gasteiger partial charge in [-0.3, -0.25) is 4.79 Å². The molecule has 0 fully saturated rings. The van der Waals surface area contributed by atoms with Crippen LogP contribution in [0, 0.1) is 0 Å². The van der Waals surface area contributed by atoms with Crippen LogP contribution in [0.2, 0.25) is 5.02 Å². The quantitative estimate of drug-likeness (QED) is 0.706. The predicted molar refractivity (Wildman–Crippen MR) is 93.9 cm³/mol. The minimum atomic E-state index is -0.131. The van der Waals surface area contributed by atoms with E-state index in [4.69, 9.17) is 11.6 Å². The fourth-order valence-corrected chi connectivity index (χ4v) is 2.86. The Morgan fingerprint density at radius 2 is 1.86 bits per heavy atom. The number of amides is 1. The summed E-state index contributed by atoms with van der Waals surface area (Å²) >= 11 is 12.7. The lowest BCUT2D eigenvalue weighted by Gasteiger charge is -2.15. The summed E-state index contributed by atoms with van der Waals surface area (Å²) in [5.41, 5.74) is 1.72. The Hall–Kier alpha value is -0.840. The average Bonchev–Trinajstić information content (AvgIpc) is 2.44. The zero-order valence-corrected chi connectivity index (χ0v) is 15.3. The van der Waals surface area contributed by atoms with Gasteiger partial charge in [0.1, 0.15) is 0 Å². The molecule has 1 atom stereocenters. The molecule has 110 valence electrons. The van der Waals surface area contributed by atoms with Crippen LogP contribution in [0.5, 0.6) is 0 Å². The third-order valence-corrected chi connectivity index (χ3v) is 4.46. The molecule has 0 spiro atoms. The Kier molecular flexibility index (Phi) is 5.85. The van der Waals surface area contributed by atoms with Gasteiger partial charge in [-0.1, -0.05) is 39.7 Å². The minimum Gasteiger partial charge on any atom is -0.349 e. The molecule has 0 aliphatic carbocycles. The number of halogens is 3. The van der Waals surface area contributed by atoms with Gasteiger partial charge in [0.15, 0.2) is 0 Å². The third kappa shape index (κ3) is 4.83. The Bertz CT molecular complexity index is 643. The van der Waals surface area contributed by atoms with E-state index in [2.05, 4.69) is 37.2 Å². The molecule has 0 aliphatic heterocycles. The predicted octanol–water partition coefficient (Wildman–Crippen LogP) is 5.23. The molecule has 2 aromatic rings. The van der Waals surface area contributed by atoms with Gasteiger partial charge in [0.2, 0.25) is 0 Å². The maximum atomic E-state index is 12.3. The first-order chi connectivity index (χ1) is 9.95. The monoisotopic (exact) mass is 429 g/mol. The lowest BCUT2D eigenvalue weighted by atomic mass is 10.1. The SMILES string of the molecule is CC(Cc1ccc(Br)cc1)NC(=O)c1cc(Cl)ccc1Br. The van der Waals surface area contributed by atoms with E-state index >= 15 is 0 Å². The first-order valence-corrected chi connectivity index (χ1v) is 8.42. The summed E-state index contributed by atoms with van der Waals surface area (Å²) in [5, 5.41) is 3.53. The second kappa shape index (κ2) is 7.43. The van der Waals surface area contributed by atoms with E-state index in [0.717, 1.165) is 15.4 Å². The van der Waals surface area contributed by atoms with Crippen molar-refractivity contribution in [3.8, 4) is 0 Å². The zero-order chi connectivity index (χ0) is 15.4. The van der Waals surface area contributed by atoms with Crippen LogP contribution in [0.15, 0.2) is 51.4 Å². The molecule has 0 radical (unpaired) electrons. The second-order valence-electron chi connectivity index (χ2n) is 4.83. The second-order valence-corrected chi connectivity index (χ2v) is 7.04. The van der Waals surface area contributed by atoms with Crippen molar-refractivity contribution in [1.29, 1.82) is 0 Å². The molecule has 1 unspecified atom stereocenters. The van der Waals surface area contributed by atoms with E-state index in [-0.39, 0.29) is 11.9 Å². The smallest absolute Gasteiger partial charge is 0.252 e. The van der Waals surface area contributed by atoms with Crippen molar-refractivity contribution >= 4 is 49.4 Å². The van der Waals surface area contributed by atoms with Crippen LogP contribution in [-0.2, 0) is 6.42 Å². The first kappa shape index (κ1) is 16.5. The highest BCUT2D eigenvalue weighted by molar-refractivity contribution is 9.10. The Labute approximate surface area is 146 Å².